The molecule has 0 spiro atoms. The van der Waals surface area contributed by atoms with Gasteiger partial charge in [-0.25, -0.2) is 9.69 Å². The maximum atomic E-state index is 13.1. The predicted octanol–water partition coefficient (Wildman–Crippen LogP) is 6.94. The van der Waals surface area contributed by atoms with Gasteiger partial charge in [-0.15, -0.1) is 0 Å². The van der Waals surface area contributed by atoms with Crippen LogP contribution in [-0.2, 0) is 16.2 Å². The molecule has 11 heteroatoms. The smallest absolute Gasteiger partial charge is 0.335 e. The summed E-state index contributed by atoms with van der Waals surface area (Å²) < 4.78 is 11.1. The number of halogens is 4. The molecule has 7 nitrogen and oxygen atoms in total. The van der Waals surface area contributed by atoms with E-state index >= 15 is 0 Å². The van der Waals surface area contributed by atoms with Crippen molar-refractivity contribution in [3.63, 3.8) is 0 Å². The van der Waals surface area contributed by atoms with Gasteiger partial charge in [0.2, 0.25) is 0 Å². The Morgan fingerprint density at radius 3 is 2.16 bits per heavy atom. The first-order chi connectivity index (χ1) is 17.7. The number of carbonyl (C=O) groups is 3. The van der Waals surface area contributed by atoms with Crippen molar-refractivity contribution in [3.8, 4) is 11.5 Å². The summed E-state index contributed by atoms with van der Waals surface area (Å²) in [6, 6.07) is 13.4. The van der Waals surface area contributed by atoms with Gasteiger partial charge < -0.3 is 9.47 Å². The van der Waals surface area contributed by atoms with Gasteiger partial charge in [-0.3, -0.25) is 14.9 Å². The lowest BCUT2D eigenvalue weighted by atomic mass is 10.1. The van der Waals surface area contributed by atoms with E-state index in [0.717, 1.165) is 4.90 Å². The molecule has 0 bridgehead atoms. The van der Waals surface area contributed by atoms with Gasteiger partial charge in [-0.1, -0.05) is 52.5 Å². The van der Waals surface area contributed by atoms with Crippen molar-refractivity contribution < 1.29 is 23.9 Å². The molecule has 0 saturated carbocycles. The van der Waals surface area contributed by atoms with Gasteiger partial charge in [0.1, 0.15) is 17.9 Å². The van der Waals surface area contributed by atoms with E-state index < -0.39 is 17.8 Å². The maximum absolute atomic E-state index is 13.1. The highest BCUT2D eigenvalue weighted by Gasteiger charge is 2.36. The van der Waals surface area contributed by atoms with Gasteiger partial charge in [-0.05, 0) is 67.1 Å². The number of rotatable bonds is 7. The molecule has 0 aliphatic carbocycles. The van der Waals surface area contributed by atoms with Gasteiger partial charge in [0.15, 0.2) is 5.75 Å². The summed E-state index contributed by atoms with van der Waals surface area (Å²) in [5, 5.41) is 3.38. The molecular formula is C26H18Cl4N2O5. The van der Waals surface area contributed by atoms with E-state index in [1.807, 2.05) is 6.92 Å². The zero-order chi connectivity index (χ0) is 26.7. The molecule has 4 amide bonds. The number of nitrogens with zero attached hydrogens (tertiary/aromatic N) is 1. The molecule has 0 unspecified atom stereocenters. The Morgan fingerprint density at radius 2 is 1.54 bits per heavy atom. The fourth-order valence-corrected chi connectivity index (χ4v) is 4.58. The third kappa shape index (κ3) is 6.02. The molecule has 1 aliphatic rings. The molecule has 4 rings (SSSR count). The number of nitrogens with one attached hydrogen (secondary N) is 1. The lowest BCUT2D eigenvalue weighted by Crippen LogP contribution is -2.54. The monoisotopic (exact) mass is 578 g/mol. The van der Waals surface area contributed by atoms with Crippen LogP contribution in [0.15, 0.2) is 60.2 Å². The molecule has 1 saturated heterocycles. The average molecular weight is 580 g/mol. The Bertz CT molecular complexity index is 1400. The summed E-state index contributed by atoms with van der Waals surface area (Å²) in [6.45, 7) is 2.38. The molecule has 1 aliphatic heterocycles. The van der Waals surface area contributed by atoms with Crippen molar-refractivity contribution >= 4 is 76.0 Å². The van der Waals surface area contributed by atoms with E-state index in [1.54, 1.807) is 42.5 Å². The van der Waals surface area contributed by atoms with Crippen molar-refractivity contribution in [2.75, 3.05) is 11.5 Å². The molecule has 1 heterocycles. The quantitative estimate of drug-likeness (QED) is 0.242. The minimum absolute atomic E-state index is 0.0793. The lowest BCUT2D eigenvalue weighted by molar-refractivity contribution is -0.122. The van der Waals surface area contributed by atoms with Crippen LogP contribution >= 0.6 is 46.4 Å². The fourth-order valence-electron chi connectivity index (χ4n) is 3.51. The number of benzene rings is 3. The average Bonchev–Trinajstić information content (AvgIpc) is 2.83. The second kappa shape index (κ2) is 11.4. The minimum Gasteiger partial charge on any atom is -0.494 e. The lowest BCUT2D eigenvalue weighted by Gasteiger charge is -2.26. The minimum atomic E-state index is -0.864. The first-order valence-corrected chi connectivity index (χ1v) is 12.4. The third-order valence-electron chi connectivity index (χ3n) is 5.23. The number of hydrogen-bond donors (Lipinski definition) is 1. The van der Waals surface area contributed by atoms with Gasteiger partial charge in [0.25, 0.3) is 11.8 Å². The first-order valence-electron chi connectivity index (χ1n) is 10.9. The van der Waals surface area contributed by atoms with E-state index in [9.17, 15) is 14.4 Å². The Balaban J connectivity index is 1.58. The zero-order valence-electron chi connectivity index (χ0n) is 19.2. The summed E-state index contributed by atoms with van der Waals surface area (Å²) in [7, 11) is 0. The Hall–Kier alpha value is -3.23. The Labute approximate surface area is 232 Å². The molecule has 1 N–H and O–H groups in total. The topological polar surface area (TPSA) is 84.9 Å². The molecule has 0 aromatic heterocycles. The Kier molecular flexibility index (Phi) is 8.29. The van der Waals surface area contributed by atoms with Crippen LogP contribution < -0.4 is 19.7 Å². The highest BCUT2D eigenvalue weighted by atomic mass is 35.5. The van der Waals surface area contributed by atoms with E-state index in [1.165, 1.54) is 18.2 Å². The summed E-state index contributed by atoms with van der Waals surface area (Å²) in [4.78, 5) is 39.0. The third-order valence-corrected chi connectivity index (χ3v) is 6.37. The largest absolute Gasteiger partial charge is 0.494 e. The summed E-state index contributed by atoms with van der Waals surface area (Å²) in [5.41, 5.74) is 1.02. The second-order valence-electron chi connectivity index (χ2n) is 7.72. The van der Waals surface area contributed by atoms with Gasteiger partial charge in [0, 0.05) is 15.6 Å². The van der Waals surface area contributed by atoms with Crippen LogP contribution in [0.3, 0.4) is 0 Å². The normalized spacial score (nSPS) is 14.7. The highest BCUT2D eigenvalue weighted by Crippen LogP contribution is 2.36. The summed E-state index contributed by atoms with van der Waals surface area (Å²) in [6.07, 6.45) is 1.29. The standard InChI is InChI=1S/C26H18Cl4N2O5/c1-2-36-18-7-5-17(6-8-18)32-25(34)19(24(33)31-26(32)35)9-14-10-21(29)23(22(30)11-14)37-13-15-3-4-16(27)12-20(15)28/h3-12H,2,13H2,1H3,(H,31,33,35)/b19-9+. The van der Waals surface area contributed by atoms with Crippen LogP contribution in [0.5, 0.6) is 11.5 Å². The maximum Gasteiger partial charge on any atom is 0.335 e. The van der Waals surface area contributed by atoms with E-state index in [0.29, 0.717) is 33.5 Å². The molecule has 3 aromatic carbocycles. The van der Waals surface area contributed by atoms with Crippen molar-refractivity contribution in [1.82, 2.24) is 5.32 Å². The number of urea groups is 1. The van der Waals surface area contributed by atoms with Crippen LogP contribution in [0.1, 0.15) is 18.1 Å². The molecule has 1 fully saturated rings. The molecule has 0 radical (unpaired) electrons. The van der Waals surface area contributed by atoms with Gasteiger partial charge >= 0.3 is 6.03 Å². The van der Waals surface area contributed by atoms with Crippen LogP contribution in [0, 0.1) is 0 Å². The molecule has 37 heavy (non-hydrogen) atoms. The molecule has 0 atom stereocenters. The van der Waals surface area contributed by atoms with Crippen LogP contribution in [0.25, 0.3) is 6.08 Å². The summed E-state index contributed by atoms with van der Waals surface area (Å²) >= 11 is 24.9. The highest BCUT2D eigenvalue weighted by molar-refractivity contribution is 6.40. The number of hydrogen-bond acceptors (Lipinski definition) is 5. The molecule has 190 valence electrons. The van der Waals surface area contributed by atoms with E-state index in [2.05, 4.69) is 5.32 Å². The van der Waals surface area contributed by atoms with Crippen molar-refractivity contribution in [1.29, 1.82) is 0 Å². The van der Waals surface area contributed by atoms with Crippen molar-refractivity contribution in [2.45, 2.75) is 13.5 Å². The van der Waals surface area contributed by atoms with Crippen LogP contribution in [-0.4, -0.2) is 24.5 Å². The number of ether oxygens (including phenoxy) is 2. The molecule has 3 aromatic rings. The number of amides is 4. The van der Waals surface area contributed by atoms with Gasteiger partial charge in [-0.2, -0.15) is 0 Å². The van der Waals surface area contributed by atoms with Crippen molar-refractivity contribution in [2.24, 2.45) is 0 Å². The first kappa shape index (κ1) is 26.8. The SMILES string of the molecule is CCOc1ccc(N2C(=O)NC(=O)/C(=C\c3cc(Cl)c(OCc4ccc(Cl)cc4Cl)c(Cl)c3)C2=O)cc1. The fraction of sp³-hybridized carbons (Fsp3) is 0.115. The zero-order valence-corrected chi connectivity index (χ0v) is 22.2. The Morgan fingerprint density at radius 1 is 0.865 bits per heavy atom. The van der Waals surface area contributed by atoms with Crippen LogP contribution in [0.4, 0.5) is 10.5 Å². The number of anilines is 1. The van der Waals surface area contributed by atoms with Crippen molar-refractivity contribution in [3.05, 3.63) is 91.4 Å². The van der Waals surface area contributed by atoms with E-state index in [4.69, 9.17) is 55.9 Å². The number of carbonyl (C=O) groups excluding carboxylic acids is 3. The number of barbiturate groups is 1. The van der Waals surface area contributed by atoms with Crippen LogP contribution in [0.2, 0.25) is 20.1 Å². The second-order valence-corrected chi connectivity index (χ2v) is 9.38. The number of imide groups is 2. The van der Waals surface area contributed by atoms with E-state index in [-0.39, 0.29) is 33.7 Å². The summed E-state index contributed by atoms with van der Waals surface area (Å²) in [5.74, 6) is -0.875. The molecular weight excluding hydrogens is 562 g/mol. The van der Waals surface area contributed by atoms with Gasteiger partial charge in [0.05, 0.1) is 22.3 Å². The predicted molar refractivity (Wildman–Crippen MR) is 144 cm³/mol.